The molecule has 0 atom stereocenters. The van der Waals surface area contributed by atoms with Crippen LogP contribution in [0, 0.1) is 0 Å². The molecule has 1 N–H and O–H groups in total. The number of urea groups is 1. The van der Waals surface area contributed by atoms with Crippen LogP contribution in [0.5, 0.6) is 5.88 Å². The van der Waals surface area contributed by atoms with Gasteiger partial charge in [0.1, 0.15) is 6.10 Å². The molecule has 1 saturated heterocycles. The van der Waals surface area contributed by atoms with Gasteiger partial charge in [0.05, 0.1) is 0 Å². The standard InChI is InChI=1S/C23H30N4O2/c28-23(27-14-12-26(13-15-27)18-19-6-2-1-3-7-19)25-17-20-10-11-22(24-16-20)29-21-8-4-5-9-21/h1-3,6-7,10-11,16,21H,4-5,8-9,12-15,17-18H2,(H,25,28). The summed E-state index contributed by atoms with van der Waals surface area (Å²) >= 11 is 0. The number of carbonyl (C=O) groups is 1. The number of benzene rings is 1. The van der Waals surface area contributed by atoms with E-state index in [0.29, 0.717) is 18.5 Å². The fourth-order valence-corrected chi connectivity index (χ4v) is 4.00. The Kier molecular flexibility index (Phi) is 6.62. The van der Waals surface area contributed by atoms with Crippen molar-refractivity contribution >= 4 is 6.03 Å². The van der Waals surface area contributed by atoms with Gasteiger partial charge >= 0.3 is 6.03 Å². The molecular weight excluding hydrogens is 364 g/mol. The zero-order valence-corrected chi connectivity index (χ0v) is 16.9. The zero-order valence-electron chi connectivity index (χ0n) is 16.9. The summed E-state index contributed by atoms with van der Waals surface area (Å²) < 4.78 is 5.89. The smallest absolute Gasteiger partial charge is 0.317 e. The van der Waals surface area contributed by atoms with Crippen molar-refractivity contribution in [2.75, 3.05) is 26.2 Å². The van der Waals surface area contributed by atoms with Crippen molar-refractivity contribution in [1.82, 2.24) is 20.1 Å². The van der Waals surface area contributed by atoms with Gasteiger partial charge in [-0.2, -0.15) is 0 Å². The summed E-state index contributed by atoms with van der Waals surface area (Å²) in [5.74, 6) is 0.682. The van der Waals surface area contributed by atoms with Crippen molar-refractivity contribution in [1.29, 1.82) is 0 Å². The van der Waals surface area contributed by atoms with E-state index in [0.717, 1.165) is 51.1 Å². The Balaban J connectivity index is 1.18. The summed E-state index contributed by atoms with van der Waals surface area (Å²) in [5, 5.41) is 3.01. The first-order valence-corrected chi connectivity index (χ1v) is 10.7. The molecular formula is C23H30N4O2. The van der Waals surface area contributed by atoms with Crippen LogP contribution in [0.3, 0.4) is 0 Å². The number of nitrogens with zero attached hydrogens (tertiary/aromatic N) is 3. The van der Waals surface area contributed by atoms with E-state index in [1.807, 2.05) is 23.1 Å². The summed E-state index contributed by atoms with van der Waals surface area (Å²) in [6.07, 6.45) is 6.84. The van der Waals surface area contributed by atoms with Crippen molar-refractivity contribution in [3.05, 3.63) is 59.8 Å². The molecule has 2 heterocycles. The first-order chi connectivity index (χ1) is 14.3. The summed E-state index contributed by atoms with van der Waals surface area (Å²) in [6, 6.07) is 14.4. The number of carbonyl (C=O) groups excluding carboxylic acids is 1. The van der Waals surface area contributed by atoms with Crippen molar-refractivity contribution in [3.63, 3.8) is 0 Å². The average molecular weight is 395 g/mol. The molecule has 0 unspecified atom stereocenters. The molecule has 6 heteroatoms. The Morgan fingerprint density at radius 3 is 2.45 bits per heavy atom. The van der Waals surface area contributed by atoms with Crippen LogP contribution >= 0.6 is 0 Å². The monoisotopic (exact) mass is 394 g/mol. The number of nitrogens with one attached hydrogen (secondary N) is 1. The molecule has 0 spiro atoms. The second kappa shape index (κ2) is 9.74. The van der Waals surface area contributed by atoms with E-state index in [2.05, 4.69) is 39.5 Å². The molecule has 1 saturated carbocycles. The molecule has 2 fully saturated rings. The molecule has 2 aromatic rings. The Hall–Kier alpha value is -2.60. The van der Waals surface area contributed by atoms with Gasteiger partial charge in [-0.1, -0.05) is 36.4 Å². The van der Waals surface area contributed by atoms with E-state index in [9.17, 15) is 4.79 Å². The molecule has 154 valence electrons. The Labute approximate surface area is 172 Å². The van der Waals surface area contributed by atoms with Crippen LogP contribution in [-0.2, 0) is 13.1 Å². The van der Waals surface area contributed by atoms with Crippen LogP contribution in [0.25, 0.3) is 0 Å². The number of ether oxygens (including phenoxy) is 1. The molecule has 0 bridgehead atoms. The minimum atomic E-state index is -0.00403. The summed E-state index contributed by atoms with van der Waals surface area (Å²) in [4.78, 5) is 21.2. The van der Waals surface area contributed by atoms with E-state index in [1.54, 1.807) is 6.20 Å². The van der Waals surface area contributed by atoms with E-state index in [-0.39, 0.29) is 6.03 Å². The number of piperazine rings is 1. The first kappa shape index (κ1) is 19.7. The van der Waals surface area contributed by atoms with Crippen LogP contribution in [0.2, 0.25) is 0 Å². The lowest BCUT2D eigenvalue weighted by molar-refractivity contribution is 0.135. The lowest BCUT2D eigenvalue weighted by Crippen LogP contribution is -2.51. The number of aromatic nitrogens is 1. The SMILES string of the molecule is O=C(NCc1ccc(OC2CCCC2)nc1)N1CCN(Cc2ccccc2)CC1. The predicted molar refractivity (Wildman–Crippen MR) is 113 cm³/mol. The van der Waals surface area contributed by atoms with Gasteiger partial charge in [0.2, 0.25) is 5.88 Å². The van der Waals surface area contributed by atoms with Crippen molar-refractivity contribution in [3.8, 4) is 5.88 Å². The van der Waals surface area contributed by atoms with Crippen LogP contribution in [0.15, 0.2) is 48.7 Å². The minimum Gasteiger partial charge on any atom is -0.474 e. The second-order valence-corrected chi connectivity index (χ2v) is 7.94. The summed E-state index contributed by atoms with van der Waals surface area (Å²) in [7, 11) is 0. The van der Waals surface area contributed by atoms with Crippen LogP contribution in [-0.4, -0.2) is 53.1 Å². The topological polar surface area (TPSA) is 57.7 Å². The zero-order chi connectivity index (χ0) is 19.9. The molecule has 4 rings (SSSR count). The van der Waals surface area contributed by atoms with Gasteiger partial charge < -0.3 is 15.0 Å². The maximum Gasteiger partial charge on any atom is 0.317 e. The third-order valence-corrected chi connectivity index (χ3v) is 5.74. The van der Waals surface area contributed by atoms with Gasteiger partial charge in [-0.05, 0) is 36.8 Å². The molecule has 1 aromatic heterocycles. The maximum absolute atomic E-state index is 12.5. The van der Waals surface area contributed by atoms with E-state index < -0.39 is 0 Å². The van der Waals surface area contributed by atoms with Crippen LogP contribution in [0.1, 0.15) is 36.8 Å². The van der Waals surface area contributed by atoms with E-state index >= 15 is 0 Å². The number of hydrogen-bond donors (Lipinski definition) is 1. The van der Waals surface area contributed by atoms with Gasteiger partial charge in [-0.15, -0.1) is 0 Å². The highest BCUT2D eigenvalue weighted by Crippen LogP contribution is 2.22. The van der Waals surface area contributed by atoms with Gasteiger partial charge in [0.25, 0.3) is 0 Å². The number of pyridine rings is 1. The quantitative estimate of drug-likeness (QED) is 0.816. The third-order valence-electron chi connectivity index (χ3n) is 5.74. The Bertz CT molecular complexity index is 767. The first-order valence-electron chi connectivity index (χ1n) is 10.7. The van der Waals surface area contributed by atoms with Gasteiger partial charge in [0.15, 0.2) is 0 Å². The minimum absolute atomic E-state index is 0.00403. The molecule has 0 radical (unpaired) electrons. The maximum atomic E-state index is 12.5. The predicted octanol–water partition coefficient (Wildman–Crippen LogP) is 3.43. The largest absolute Gasteiger partial charge is 0.474 e. The van der Waals surface area contributed by atoms with Gasteiger partial charge in [-0.3, -0.25) is 4.90 Å². The molecule has 29 heavy (non-hydrogen) atoms. The van der Waals surface area contributed by atoms with E-state index in [1.165, 1.54) is 18.4 Å². The van der Waals surface area contributed by atoms with Crippen molar-refractivity contribution < 1.29 is 9.53 Å². The van der Waals surface area contributed by atoms with E-state index in [4.69, 9.17) is 4.74 Å². The summed E-state index contributed by atoms with van der Waals surface area (Å²) in [6.45, 7) is 4.74. The normalized spacial score (nSPS) is 18.0. The summed E-state index contributed by atoms with van der Waals surface area (Å²) in [5.41, 5.74) is 2.30. The highest BCUT2D eigenvalue weighted by atomic mass is 16.5. The Morgan fingerprint density at radius 2 is 1.76 bits per heavy atom. The Morgan fingerprint density at radius 1 is 1.00 bits per heavy atom. The molecule has 1 aliphatic heterocycles. The number of amides is 2. The molecule has 1 aliphatic carbocycles. The average Bonchev–Trinajstić information content (AvgIpc) is 3.27. The molecule has 1 aromatic carbocycles. The van der Waals surface area contributed by atoms with Crippen LogP contribution < -0.4 is 10.1 Å². The van der Waals surface area contributed by atoms with Crippen LogP contribution in [0.4, 0.5) is 4.79 Å². The lowest BCUT2D eigenvalue weighted by atomic mass is 10.2. The van der Waals surface area contributed by atoms with Gasteiger partial charge in [0, 0.05) is 51.5 Å². The fourth-order valence-electron chi connectivity index (χ4n) is 4.00. The highest BCUT2D eigenvalue weighted by molar-refractivity contribution is 5.74. The molecule has 2 amide bonds. The fraction of sp³-hybridized carbons (Fsp3) is 0.478. The number of rotatable bonds is 6. The second-order valence-electron chi connectivity index (χ2n) is 7.94. The number of hydrogen-bond acceptors (Lipinski definition) is 4. The molecule has 6 nitrogen and oxygen atoms in total. The van der Waals surface area contributed by atoms with Crippen molar-refractivity contribution in [2.45, 2.75) is 44.9 Å². The third kappa shape index (κ3) is 5.70. The molecule has 2 aliphatic rings. The highest BCUT2D eigenvalue weighted by Gasteiger charge is 2.21. The lowest BCUT2D eigenvalue weighted by Gasteiger charge is -2.34. The van der Waals surface area contributed by atoms with Crippen molar-refractivity contribution in [2.24, 2.45) is 0 Å². The van der Waals surface area contributed by atoms with Gasteiger partial charge in [-0.25, -0.2) is 9.78 Å².